The molecule has 6 heteroatoms. The first-order valence-corrected chi connectivity index (χ1v) is 10.8. The van der Waals surface area contributed by atoms with Crippen molar-refractivity contribution in [1.29, 1.82) is 0 Å². The Bertz CT molecular complexity index is 864. The van der Waals surface area contributed by atoms with Gasteiger partial charge in [0, 0.05) is 24.7 Å². The van der Waals surface area contributed by atoms with E-state index in [1.807, 2.05) is 37.3 Å². The van der Waals surface area contributed by atoms with Crippen LogP contribution in [0.25, 0.3) is 0 Å². The van der Waals surface area contributed by atoms with Gasteiger partial charge in [0.25, 0.3) is 5.91 Å². The van der Waals surface area contributed by atoms with E-state index in [-0.39, 0.29) is 11.9 Å². The molecule has 0 radical (unpaired) electrons. The van der Waals surface area contributed by atoms with E-state index in [1.165, 1.54) is 0 Å². The van der Waals surface area contributed by atoms with Crippen LogP contribution in [0.5, 0.6) is 0 Å². The maximum Gasteiger partial charge on any atom is 0.251 e. The van der Waals surface area contributed by atoms with E-state index in [9.17, 15) is 13.2 Å². The molecule has 3 rings (SSSR count). The lowest BCUT2D eigenvalue weighted by atomic mass is 10.0. The SMILES string of the molecule is Cc1ccc(S(=O)(=O)N2CCCCC2CCNC(=O)c2ccccc2)cc1. The molecule has 27 heavy (non-hydrogen) atoms. The molecule has 1 unspecified atom stereocenters. The van der Waals surface area contributed by atoms with Crippen LogP contribution in [0.4, 0.5) is 0 Å². The lowest BCUT2D eigenvalue weighted by molar-refractivity contribution is 0.0949. The second kappa shape index (κ2) is 8.67. The van der Waals surface area contributed by atoms with Crippen LogP contribution in [0.1, 0.15) is 41.6 Å². The van der Waals surface area contributed by atoms with Gasteiger partial charge in [0.15, 0.2) is 0 Å². The normalized spacial score (nSPS) is 18.2. The van der Waals surface area contributed by atoms with E-state index in [0.717, 1.165) is 24.8 Å². The Morgan fingerprint density at radius 3 is 2.48 bits per heavy atom. The van der Waals surface area contributed by atoms with Crippen molar-refractivity contribution in [2.75, 3.05) is 13.1 Å². The summed E-state index contributed by atoms with van der Waals surface area (Å²) in [6.07, 6.45) is 3.32. The van der Waals surface area contributed by atoms with E-state index >= 15 is 0 Å². The molecule has 1 saturated heterocycles. The molecule has 0 saturated carbocycles. The fourth-order valence-electron chi connectivity index (χ4n) is 3.47. The van der Waals surface area contributed by atoms with Gasteiger partial charge in [0.2, 0.25) is 10.0 Å². The molecule has 1 amide bonds. The first-order valence-electron chi connectivity index (χ1n) is 9.40. The standard InChI is InChI=1S/C21H26N2O3S/c1-17-10-12-20(13-11-17)27(25,26)23-16-6-5-9-19(23)14-15-22-21(24)18-7-3-2-4-8-18/h2-4,7-8,10-13,19H,5-6,9,14-16H2,1H3,(H,22,24). The Balaban J connectivity index is 1.65. The summed E-state index contributed by atoms with van der Waals surface area (Å²) >= 11 is 0. The lowest BCUT2D eigenvalue weighted by Crippen LogP contribution is -2.45. The molecule has 1 aliphatic rings. The predicted molar refractivity (Wildman–Crippen MR) is 106 cm³/mol. The molecule has 1 atom stereocenters. The fraction of sp³-hybridized carbons (Fsp3) is 0.381. The summed E-state index contributed by atoms with van der Waals surface area (Å²) in [5, 5.41) is 2.91. The Hall–Kier alpha value is -2.18. The van der Waals surface area contributed by atoms with Gasteiger partial charge in [-0.2, -0.15) is 4.31 Å². The van der Waals surface area contributed by atoms with Crippen molar-refractivity contribution < 1.29 is 13.2 Å². The van der Waals surface area contributed by atoms with Crippen molar-refractivity contribution in [3.05, 3.63) is 65.7 Å². The largest absolute Gasteiger partial charge is 0.352 e. The summed E-state index contributed by atoms with van der Waals surface area (Å²) in [6, 6.07) is 16.0. The number of nitrogens with zero attached hydrogens (tertiary/aromatic N) is 1. The molecule has 0 bridgehead atoms. The first kappa shape index (κ1) is 19.6. The molecule has 2 aromatic carbocycles. The Morgan fingerprint density at radius 2 is 1.78 bits per heavy atom. The molecule has 2 aromatic rings. The van der Waals surface area contributed by atoms with Crippen LogP contribution in [0.2, 0.25) is 0 Å². The number of rotatable bonds is 6. The third-order valence-electron chi connectivity index (χ3n) is 5.00. The summed E-state index contributed by atoms with van der Waals surface area (Å²) in [7, 11) is -3.51. The molecule has 0 spiro atoms. The van der Waals surface area contributed by atoms with Gasteiger partial charge in [-0.05, 0) is 50.5 Å². The van der Waals surface area contributed by atoms with Gasteiger partial charge < -0.3 is 5.32 Å². The highest BCUT2D eigenvalue weighted by Gasteiger charge is 2.33. The molecule has 1 heterocycles. The third kappa shape index (κ3) is 4.76. The van der Waals surface area contributed by atoms with Gasteiger partial charge in [-0.15, -0.1) is 0 Å². The van der Waals surface area contributed by atoms with Gasteiger partial charge >= 0.3 is 0 Å². The minimum Gasteiger partial charge on any atom is -0.352 e. The number of piperidine rings is 1. The number of benzene rings is 2. The number of nitrogens with one attached hydrogen (secondary N) is 1. The minimum atomic E-state index is -3.51. The quantitative estimate of drug-likeness (QED) is 0.828. The van der Waals surface area contributed by atoms with Gasteiger partial charge in [-0.3, -0.25) is 4.79 Å². The molecule has 5 nitrogen and oxygen atoms in total. The monoisotopic (exact) mass is 386 g/mol. The van der Waals surface area contributed by atoms with E-state index < -0.39 is 10.0 Å². The van der Waals surface area contributed by atoms with Gasteiger partial charge in [0.05, 0.1) is 4.90 Å². The molecular weight excluding hydrogens is 360 g/mol. The van der Waals surface area contributed by atoms with Crippen molar-refractivity contribution in [2.45, 2.75) is 43.5 Å². The fourth-order valence-corrected chi connectivity index (χ4v) is 5.19. The number of hydrogen-bond acceptors (Lipinski definition) is 3. The minimum absolute atomic E-state index is 0.0823. The molecule has 1 aliphatic heterocycles. The van der Waals surface area contributed by atoms with Crippen molar-refractivity contribution in [2.24, 2.45) is 0 Å². The lowest BCUT2D eigenvalue weighted by Gasteiger charge is -2.34. The van der Waals surface area contributed by atoms with Gasteiger partial charge in [0.1, 0.15) is 0 Å². The smallest absolute Gasteiger partial charge is 0.251 e. The van der Waals surface area contributed by atoms with Crippen molar-refractivity contribution in [3.63, 3.8) is 0 Å². The number of aryl methyl sites for hydroxylation is 1. The molecule has 0 aromatic heterocycles. The number of carbonyl (C=O) groups excluding carboxylic acids is 1. The zero-order chi connectivity index (χ0) is 19.3. The van der Waals surface area contributed by atoms with Crippen LogP contribution in [-0.4, -0.2) is 37.8 Å². The number of sulfonamides is 1. The Morgan fingerprint density at radius 1 is 1.07 bits per heavy atom. The second-order valence-electron chi connectivity index (χ2n) is 6.99. The highest BCUT2D eigenvalue weighted by atomic mass is 32.2. The molecule has 1 N–H and O–H groups in total. The molecule has 0 aliphatic carbocycles. The average Bonchev–Trinajstić information content (AvgIpc) is 2.69. The van der Waals surface area contributed by atoms with Crippen molar-refractivity contribution >= 4 is 15.9 Å². The summed E-state index contributed by atoms with van der Waals surface area (Å²) in [5.74, 6) is -0.126. The second-order valence-corrected chi connectivity index (χ2v) is 8.88. The number of amides is 1. The van der Waals surface area contributed by atoms with Crippen molar-refractivity contribution in [1.82, 2.24) is 9.62 Å². The number of hydrogen-bond donors (Lipinski definition) is 1. The van der Waals surface area contributed by atoms with Crippen LogP contribution >= 0.6 is 0 Å². The predicted octanol–water partition coefficient (Wildman–Crippen LogP) is 3.36. The maximum atomic E-state index is 13.1. The maximum absolute atomic E-state index is 13.1. The van der Waals surface area contributed by atoms with Crippen molar-refractivity contribution in [3.8, 4) is 0 Å². The summed E-state index contributed by atoms with van der Waals surface area (Å²) < 4.78 is 27.8. The average molecular weight is 387 g/mol. The highest BCUT2D eigenvalue weighted by Crippen LogP contribution is 2.27. The molecular formula is C21H26N2O3S. The third-order valence-corrected chi connectivity index (χ3v) is 6.97. The summed E-state index contributed by atoms with van der Waals surface area (Å²) in [6.45, 7) is 2.93. The van der Waals surface area contributed by atoms with E-state index in [0.29, 0.717) is 30.0 Å². The van der Waals surface area contributed by atoms with E-state index in [4.69, 9.17) is 0 Å². The summed E-state index contributed by atoms with van der Waals surface area (Å²) in [4.78, 5) is 12.5. The number of carbonyl (C=O) groups is 1. The van der Waals surface area contributed by atoms with Gasteiger partial charge in [-0.1, -0.05) is 42.3 Å². The van der Waals surface area contributed by atoms with Gasteiger partial charge in [-0.25, -0.2) is 8.42 Å². The molecule has 1 fully saturated rings. The molecule has 144 valence electrons. The first-order chi connectivity index (χ1) is 13.0. The topological polar surface area (TPSA) is 66.5 Å². The van der Waals surface area contributed by atoms with E-state index in [2.05, 4.69) is 5.32 Å². The zero-order valence-electron chi connectivity index (χ0n) is 15.6. The Labute approximate surface area is 161 Å². The zero-order valence-corrected chi connectivity index (χ0v) is 16.4. The van der Waals surface area contributed by atoms with Crippen LogP contribution in [0, 0.1) is 6.92 Å². The van der Waals surface area contributed by atoms with E-state index in [1.54, 1.807) is 28.6 Å². The highest BCUT2D eigenvalue weighted by molar-refractivity contribution is 7.89. The van der Waals surface area contributed by atoms with Crippen LogP contribution in [0.15, 0.2) is 59.5 Å². The van der Waals surface area contributed by atoms with Crippen LogP contribution in [-0.2, 0) is 10.0 Å². The summed E-state index contributed by atoms with van der Waals surface area (Å²) in [5.41, 5.74) is 1.65. The Kier molecular flexibility index (Phi) is 6.29. The van der Waals surface area contributed by atoms with Crippen LogP contribution < -0.4 is 5.32 Å². The van der Waals surface area contributed by atoms with Crippen LogP contribution in [0.3, 0.4) is 0 Å².